The van der Waals surface area contributed by atoms with Crippen LogP contribution in [-0.4, -0.2) is 0 Å². The van der Waals surface area contributed by atoms with Crippen molar-refractivity contribution in [2.75, 3.05) is 5.73 Å². The second-order valence-corrected chi connectivity index (χ2v) is 4.51. The maximum atomic E-state index is 5.81. The third-order valence-corrected chi connectivity index (χ3v) is 3.26. The molecule has 68 valence electrons. The van der Waals surface area contributed by atoms with Crippen molar-refractivity contribution >= 4 is 27.1 Å². The molecule has 0 unspecified atom stereocenters. The van der Waals surface area contributed by atoms with Gasteiger partial charge in [0.2, 0.25) is 0 Å². The minimum absolute atomic E-state index is 0.590. The first kappa shape index (κ1) is 8.57. The average molecular weight is 191 g/mol. The van der Waals surface area contributed by atoms with E-state index in [4.69, 9.17) is 5.73 Å². The third kappa shape index (κ3) is 1.42. The number of thiophene rings is 1. The number of fused-ring (bicyclic) bond motifs is 1. The summed E-state index contributed by atoms with van der Waals surface area (Å²) >= 11 is 1.72. The Bertz CT molecular complexity index is 429. The summed E-state index contributed by atoms with van der Waals surface area (Å²) in [5.41, 5.74) is 8.09. The molecule has 0 aliphatic rings. The van der Waals surface area contributed by atoms with Gasteiger partial charge in [0.25, 0.3) is 0 Å². The first-order chi connectivity index (χ1) is 6.18. The summed E-state index contributed by atoms with van der Waals surface area (Å²) in [6, 6.07) is 6.52. The number of hydrogen-bond donors (Lipinski definition) is 1. The number of benzene rings is 1. The summed E-state index contributed by atoms with van der Waals surface area (Å²) < 4.78 is 1.30. The van der Waals surface area contributed by atoms with E-state index in [2.05, 4.69) is 32.0 Å². The van der Waals surface area contributed by atoms with Gasteiger partial charge in [0.1, 0.15) is 0 Å². The Labute approximate surface area is 82.2 Å². The van der Waals surface area contributed by atoms with Gasteiger partial charge in [-0.2, -0.15) is 0 Å². The van der Waals surface area contributed by atoms with Crippen LogP contribution >= 0.6 is 11.3 Å². The predicted molar refractivity (Wildman–Crippen MR) is 60.3 cm³/mol. The second kappa shape index (κ2) is 3.04. The molecule has 2 heteroatoms. The Morgan fingerprint density at radius 3 is 2.77 bits per heavy atom. The standard InChI is InChI=1S/C11H13NS/c1-7(2)8-3-4-9-10(12)6-13-11(9)5-8/h3-7H,12H2,1-2H3. The molecule has 1 nitrogen and oxygen atoms in total. The molecule has 2 N–H and O–H groups in total. The average Bonchev–Trinajstić information content (AvgIpc) is 2.47. The fraction of sp³-hybridized carbons (Fsp3) is 0.273. The number of rotatable bonds is 1. The van der Waals surface area contributed by atoms with E-state index in [1.54, 1.807) is 11.3 Å². The molecule has 1 aromatic heterocycles. The molecule has 2 aromatic rings. The summed E-state index contributed by atoms with van der Waals surface area (Å²) in [7, 11) is 0. The molecule has 0 radical (unpaired) electrons. The second-order valence-electron chi connectivity index (χ2n) is 3.60. The molecule has 0 aliphatic carbocycles. The van der Waals surface area contributed by atoms with E-state index < -0.39 is 0 Å². The highest BCUT2D eigenvalue weighted by molar-refractivity contribution is 7.17. The van der Waals surface area contributed by atoms with Gasteiger partial charge in [0, 0.05) is 15.5 Å². The number of nitrogens with two attached hydrogens (primary N) is 1. The zero-order valence-corrected chi connectivity index (χ0v) is 8.69. The molecule has 0 aliphatic heterocycles. The zero-order valence-electron chi connectivity index (χ0n) is 7.87. The van der Waals surface area contributed by atoms with E-state index in [0.717, 1.165) is 5.69 Å². The van der Waals surface area contributed by atoms with E-state index >= 15 is 0 Å². The van der Waals surface area contributed by atoms with Crippen LogP contribution in [0.25, 0.3) is 10.1 Å². The highest BCUT2D eigenvalue weighted by atomic mass is 32.1. The van der Waals surface area contributed by atoms with Crippen molar-refractivity contribution in [1.82, 2.24) is 0 Å². The summed E-state index contributed by atoms with van der Waals surface area (Å²) in [5.74, 6) is 0.590. The van der Waals surface area contributed by atoms with E-state index in [-0.39, 0.29) is 0 Å². The SMILES string of the molecule is CC(C)c1ccc2c(N)csc2c1. The van der Waals surface area contributed by atoms with Crippen LogP contribution in [0.5, 0.6) is 0 Å². The van der Waals surface area contributed by atoms with Gasteiger partial charge in [-0.3, -0.25) is 0 Å². The van der Waals surface area contributed by atoms with Crippen LogP contribution in [0.3, 0.4) is 0 Å². The van der Waals surface area contributed by atoms with E-state index in [1.807, 2.05) is 5.38 Å². The Hall–Kier alpha value is -1.02. The van der Waals surface area contributed by atoms with Gasteiger partial charge in [0.15, 0.2) is 0 Å². The Balaban J connectivity index is 2.63. The van der Waals surface area contributed by atoms with Crippen LogP contribution in [0.2, 0.25) is 0 Å². The monoisotopic (exact) mass is 191 g/mol. The van der Waals surface area contributed by atoms with Crippen molar-refractivity contribution in [2.45, 2.75) is 19.8 Å². The minimum Gasteiger partial charge on any atom is -0.398 e. The molecule has 1 heterocycles. The summed E-state index contributed by atoms with van der Waals surface area (Å²) in [4.78, 5) is 0. The maximum Gasteiger partial charge on any atom is 0.0502 e. The molecule has 0 saturated carbocycles. The quantitative estimate of drug-likeness (QED) is 0.732. The van der Waals surface area contributed by atoms with Gasteiger partial charge < -0.3 is 5.73 Å². The van der Waals surface area contributed by atoms with Crippen molar-refractivity contribution in [3.8, 4) is 0 Å². The highest BCUT2D eigenvalue weighted by Crippen LogP contribution is 2.30. The largest absolute Gasteiger partial charge is 0.398 e. The van der Waals surface area contributed by atoms with E-state index in [1.165, 1.54) is 15.6 Å². The Morgan fingerprint density at radius 1 is 1.31 bits per heavy atom. The summed E-state index contributed by atoms with van der Waals surface area (Å²) in [6.07, 6.45) is 0. The van der Waals surface area contributed by atoms with Crippen molar-refractivity contribution in [3.05, 3.63) is 29.1 Å². The Morgan fingerprint density at radius 2 is 2.08 bits per heavy atom. The predicted octanol–water partition coefficient (Wildman–Crippen LogP) is 3.61. The maximum absolute atomic E-state index is 5.81. The summed E-state index contributed by atoms with van der Waals surface area (Å²) in [6.45, 7) is 4.41. The molecule has 2 rings (SSSR count). The fourth-order valence-corrected chi connectivity index (χ4v) is 2.32. The number of nitrogen functional groups attached to an aromatic ring is 1. The first-order valence-corrected chi connectivity index (χ1v) is 5.33. The lowest BCUT2D eigenvalue weighted by Crippen LogP contribution is -1.86. The minimum atomic E-state index is 0.590. The van der Waals surface area contributed by atoms with E-state index in [9.17, 15) is 0 Å². The van der Waals surface area contributed by atoms with Gasteiger partial charge in [-0.25, -0.2) is 0 Å². The molecule has 0 bridgehead atoms. The number of hydrogen-bond acceptors (Lipinski definition) is 2. The van der Waals surface area contributed by atoms with Crippen molar-refractivity contribution < 1.29 is 0 Å². The molecule has 0 saturated heterocycles. The molecule has 0 fully saturated rings. The van der Waals surface area contributed by atoms with Crippen LogP contribution in [0.1, 0.15) is 25.3 Å². The van der Waals surface area contributed by atoms with Crippen LogP contribution < -0.4 is 5.73 Å². The fourth-order valence-electron chi connectivity index (χ4n) is 1.42. The molecular formula is C11H13NS. The van der Waals surface area contributed by atoms with Crippen LogP contribution in [-0.2, 0) is 0 Å². The van der Waals surface area contributed by atoms with E-state index in [0.29, 0.717) is 5.92 Å². The van der Waals surface area contributed by atoms with Gasteiger partial charge in [-0.05, 0) is 17.5 Å². The van der Waals surface area contributed by atoms with Crippen molar-refractivity contribution in [2.24, 2.45) is 0 Å². The lowest BCUT2D eigenvalue weighted by molar-refractivity contribution is 0.869. The van der Waals surface area contributed by atoms with Crippen molar-refractivity contribution in [3.63, 3.8) is 0 Å². The van der Waals surface area contributed by atoms with Gasteiger partial charge in [-0.15, -0.1) is 11.3 Å². The first-order valence-electron chi connectivity index (χ1n) is 4.45. The van der Waals surface area contributed by atoms with Crippen molar-refractivity contribution in [1.29, 1.82) is 0 Å². The topological polar surface area (TPSA) is 26.0 Å². The number of anilines is 1. The Kier molecular flexibility index (Phi) is 2.00. The molecule has 0 atom stereocenters. The third-order valence-electron chi connectivity index (χ3n) is 2.30. The summed E-state index contributed by atoms with van der Waals surface area (Å²) in [5, 5.41) is 3.20. The molecule has 0 spiro atoms. The highest BCUT2D eigenvalue weighted by Gasteiger charge is 2.03. The van der Waals surface area contributed by atoms with Crippen LogP contribution in [0, 0.1) is 0 Å². The zero-order chi connectivity index (χ0) is 9.42. The molecule has 0 amide bonds. The molecule has 13 heavy (non-hydrogen) atoms. The lowest BCUT2D eigenvalue weighted by Gasteiger charge is -2.04. The lowest BCUT2D eigenvalue weighted by atomic mass is 10.0. The molecule has 1 aromatic carbocycles. The van der Waals surface area contributed by atoms with Gasteiger partial charge in [-0.1, -0.05) is 26.0 Å². The van der Waals surface area contributed by atoms with Crippen LogP contribution in [0.15, 0.2) is 23.6 Å². The molecular weight excluding hydrogens is 178 g/mol. The normalized spacial score (nSPS) is 11.3. The van der Waals surface area contributed by atoms with Gasteiger partial charge >= 0.3 is 0 Å². The smallest absolute Gasteiger partial charge is 0.0502 e. The van der Waals surface area contributed by atoms with Gasteiger partial charge in [0.05, 0.1) is 5.69 Å². The van der Waals surface area contributed by atoms with Crippen LogP contribution in [0.4, 0.5) is 5.69 Å².